The van der Waals surface area contributed by atoms with Crippen molar-refractivity contribution in [1.29, 1.82) is 0 Å². The third-order valence-electron chi connectivity index (χ3n) is 10.4. The van der Waals surface area contributed by atoms with Crippen LogP contribution in [-0.4, -0.2) is 74.0 Å². The van der Waals surface area contributed by atoms with Crippen molar-refractivity contribution in [2.75, 3.05) is 0 Å². The molecule has 10 heteroatoms. The molecule has 6 unspecified atom stereocenters. The van der Waals surface area contributed by atoms with Crippen LogP contribution in [-0.2, 0) is 27.5 Å². The highest BCUT2D eigenvalue weighted by Gasteiger charge is 2.57. The molecule has 2 saturated heterocycles. The summed E-state index contributed by atoms with van der Waals surface area (Å²) in [6.45, 7) is 34.3. The molecule has 2 heterocycles. The molecule has 2 aliphatic heterocycles. The van der Waals surface area contributed by atoms with Gasteiger partial charge in [0.1, 0.15) is 30.7 Å². The molecule has 0 aromatic heterocycles. The van der Waals surface area contributed by atoms with Crippen molar-refractivity contribution < 1.29 is 27.5 Å². The summed E-state index contributed by atoms with van der Waals surface area (Å²) in [6.07, 6.45) is 3.25. The van der Waals surface area contributed by atoms with Crippen LogP contribution in [0.5, 0.6) is 0 Å². The predicted octanol–water partition coefficient (Wildman–Crippen LogP) is 9.01. The Morgan fingerprint density at radius 3 is 1.71 bits per heavy atom. The van der Waals surface area contributed by atoms with Crippen LogP contribution in [0.3, 0.4) is 0 Å². The molecule has 2 aliphatic rings. The first kappa shape index (κ1) is 37.8. The monoisotopic (exact) mass is 740 g/mol. The van der Waals surface area contributed by atoms with Gasteiger partial charge >= 0.3 is 0 Å². The number of ether oxygens (including phenoxy) is 2. The number of hydrogen-bond acceptors (Lipinski definition) is 6. The zero-order valence-corrected chi connectivity index (χ0v) is 33.9. The van der Waals surface area contributed by atoms with Gasteiger partial charge in [-0.3, -0.25) is 0 Å². The van der Waals surface area contributed by atoms with Crippen molar-refractivity contribution in [2.45, 2.75) is 179 Å². The zero-order valence-electron chi connectivity index (χ0n) is 28.7. The first-order chi connectivity index (χ1) is 18.4. The molecule has 0 aromatic carbocycles. The lowest BCUT2D eigenvalue weighted by Crippen LogP contribution is -2.69. The zero-order chi connectivity index (χ0) is 31.8. The highest BCUT2D eigenvalue weighted by atomic mass is 127. The van der Waals surface area contributed by atoms with Gasteiger partial charge in [0.25, 0.3) is 0 Å². The van der Waals surface area contributed by atoms with Gasteiger partial charge in [-0.15, -0.1) is 0 Å². The minimum Gasteiger partial charge on any atom is -0.408 e. The largest absolute Gasteiger partial charge is 0.408 e. The fourth-order valence-electron chi connectivity index (χ4n) is 4.63. The van der Waals surface area contributed by atoms with Crippen LogP contribution in [0.25, 0.3) is 0 Å². The van der Waals surface area contributed by atoms with Gasteiger partial charge in [0.05, 0.1) is 18.3 Å². The molecule has 0 saturated carbocycles. The molecule has 6 nitrogen and oxygen atoms in total. The van der Waals surface area contributed by atoms with E-state index >= 15 is 0 Å². The summed E-state index contributed by atoms with van der Waals surface area (Å²) in [7, 11) is -6.69. The Morgan fingerprint density at radius 1 is 0.780 bits per heavy atom. The molecule has 0 bridgehead atoms. The van der Waals surface area contributed by atoms with Crippen LogP contribution < -0.4 is 0 Å². The van der Waals surface area contributed by atoms with Gasteiger partial charge in [0.15, 0.2) is 25.0 Å². The van der Waals surface area contributed by atoms with Gasteiger partial charge in [-0.05, 0) is 77.4 Å². The molecular weight excluding hydrogens is 679 g/mol. The van der Waals surface area contributed by atoms with Crippen molar-refractivity contribution in [3.8, 4) is 0 Å². The number of hydrogen-bond donors (Lipinski definition) is 0. The average Bonchev–Trinajstić information content (AvgIpc) is 2.78. The van der Waals surface area contributed by atoms with Crippen molar-refractivity contribution in [3.05, 3.63) is 10.2 Å². The molecular formula is C31H61IO6Si3. The summed E-state index contributed by atoms with van der Waals surface area (Å²) in [6, 6.07) is 0. The molecule has 0 spiro atoms. The van der Waals surface area contributed by atoms with Crippen molar-refractivity contribution >= 4 is 53.8 Å². The van der Waals surface area contributed by atoms with Gasteiger partial charge in [-0.25, -0.2) is 0 Å². The molecule has 7 atom stereocenters. The Labute approximate surface area is 268 Å². The van der Waals surface area contributed by atoms with Crippen molar-refractivity contribution in [2.24, 2.45) is 0 Å². The van der Waals surface area contributed by atoms with Gasteiger partial charge in [0.2, 0.25) is 0 Å². The number of rotatable bonds is 10. The number of aldehydes is 1. The summed E-state index contributed by atoms with van der Waals surface area (Å²) in [5, 5.41) is 0.0521. The Morgan fingerprint density at radius 2 is 1.27 bits per heavy atom. The summed E-state index contributed by atoms with van der Waals surface area (Å²) in [5.74, 6) is 0. The maximum atomic E-state index is 11.5. The molecule has 2 fully saturated rings. The van der Waals surface area contributed by atoms with Crippen molar-refractivity contribution in [3.63, 3.8) is 0 Å². The van der Waals surface area contributed by atoms with Crippen LogP contribution in [0.15, 0.2) is 10.2 Å². The summed E-state index contributed by atoms with van der Waals surface area (Å²) >= 11 is 2.29. The highest BCUT2D eigenvalue weighted by Crippen LogP contribution is 2.47. The Balaban J connectivity index is 2.73. The second-order valence-electron chi connectivity index (χ2n) is 16.7. The third-order valence-corrected chi connectivity index (χ3v) is 24.3. The van der Waals surface area contributed by atoms with Crippen molar-refractivity contribution in [1.82, 2.24) is 0 Å². The Kier molecular flexibility index (Phi) is 12.5. The molecule has 0 radical (unpaired) electrons. The molecule has 0 aliphatic carbocycles. The van der Waals surface area contributed by atoms with Gasteiger partial charge in [-0.2, -0.15) is 0 Å². The van der Waals surface area contributed by atoms with Crippen LogP contribution in [0.1, 0.15) is 81.6 Å². The second kappa shape index (κ2) is 13.5. The van der Waals surface area contributed by atoms with E-state index in [1.54, 1.807) is 0 Å². The van der Waals surface area contributed by atoms with E-state index in [1.807, 2.05) is 0 Å². The molecule has 0 N–H and O–H groups in total. The summed E-state index contributed by atoms with van der Waals surface area (Å²) < 4.78 is 37.6. The maximum Gasteiger partial charge on any atom is 0.193 e. The highest BCUT2D eigenvalue weighted by molar-refractivity contribution is 14.1. The normalized spacial score (nSPS) is 29.9. The van der Waals surface area contributed by atoms with E-state index in [2.05, 4.69) is 134 Å². The Bertz CT molecular complexity index is 903. The number of carbonyl (C=O) groups excluding carboxylic acids is 1. The van der Waals surface area contributed by atoms with Gasteiger partial charge in [-0.1, -0.05) is 84.9 Å². The lowest BCUT2D eigenvalue weighted by molar-refractivity contribution is -0.266. The number of carbonyl (C=O) groups is 1. The quantitative estimate of drug-likeness (QED) is 0.127. The number of fused-ring (bicyclic) bond motifs is 1. The van der Waals surface area contributed by atoms with Gasteiger partial charge in [0, 0.05) is 6.42 Å². The van der Waals surface area contributed by atoms with E-state index in [0.717, 1.165) is 19.1 Å². The molecule has 41 heavy (non-hydrogen) atoms. The fraction of sp³-hybridized carbons (Fsp3) is 0.903. The third kappa shape index (κ3) is 9.08. The first-order valence-electron chi connectivity index (χ1n) is 15.4. The number of halogens is 1. The summed E-state index contributed by atoms with van der Waals surface area (Å²) in [4.78, 5) is 11.5. The first-order valence-corrected chi connectivity index (χ1v) is 25.4. The average molecular weight is 741 g/mol. The molecule has 2 rings (SSSR count). The minimum absolute atomic E-state index is 0.00170. The van der Waals surface area contributed by atoms with E-state index in [-0.39, 0.29) is 57.8 Å². The van der Waals surface area contributed by atoms with Gasteiger partial charge < -0.3 is 27.5 Å². The maximum absolute atomic E-state index is 11.5. The minimum atomic E-state index is -2.28. The van der Waals surface area contributed by atoms with Crippen LogP contribution >= 0.6 is 22.6 Å². The topological polar surface area (TPSA) is 63.2 Å². The Hall–Kier alpha value is 0.591. The predicted molar refractivity (Wildman–Crippen MR) is 187 cm³/mol. The SMILES string of the molecule is CC(C)(C)[Si](C)(C)OC1C2OC(CC=O)CCC2O[C@@H](C(/C=C/I)O[Si](C)(C)C(C)(C)C)C1O[Si](C)(C)C(C)(C)C. The molecule has 240 valence electrons. The molecule has 0 aromatic rings. The van der Waals surface area contributed by atoms with E-state index in [1.165, 1.54) is 0 Å². The molecule has 0 amide bonds. The van der Waals surface area contributed by atoms with Crippen LogP contribution in [0, 0.1) is 0 Å². The van der Waals surface area contributed by atoms with E-state index in [0.29, 0.717) is 6.42 Å². The van der Waals surface area contributed by atoms with Crippen LogP contribution in [0.2, 0.25) is 54.4 Å². The van der Waals surface area contributed by atoms with E-state index in [4.69, 9.17) is 22.8 Å². The lowest BCUT2D eigenvalue weighted by Gasteiger charge is -2.56. The fourth-order valence-corrected chi connectivity index (χ4v) is 8.89. The van der Waals surface area contributed by atoms with Crippen LogP contribution in [0.4, 0.5) is 0 Å². The lowest BCUT2D eigenvalue weighted by atomic mass is 9.87. The summed E-state index contributed by atoms with van der Waals surface area (Å²) in [5.41, 5.74) is 0. The second-order valence-corrected chi connectivity index (χ2v) is 31.7. The van der Waals surface area contributed by atoms with E-state index < -0.39 is 25.0 Å². The van der Waals surface area contributed by atoms with E-state index in [9.17, 15) is 4.79 Å². The smallest absolute Gasteiger partial charge is 0.193 e. The standard InChI is InChI=1S/C31H61IO6Si3/c1-29(2,3)39(10,11)36-24(18-20-32)26-28(38-41(14,15)31(7,8)9)27(37-40(12,13)30(4,5)6)25-23(35-26)17-16-22(34-25)19-21-33/h18,20-28H,16-17,19H2,1-15H3/b20-18+/t22?,23?,24?,25?,26-,27?,28?/m0/s1.